The molecule has 1 amide bonds. The minimum Gasteiger partial charge on any atom is -0.273 e. The molecule has 0 atom stereocenters. The zero-order chi connectivity index (χ0) is 13.9. The Morgan fingerprint density at radius 2 is 1.75 bits per heavy atom. The highest BCUT2D eigenvalue weighted by Crippen LogP contribution is 2.28. The first-order chi connectivity index (χ1) is 9.74. The molecule has 0 N–H and O–H groups in total. The number of amides is 1. The first-order valence-electron chi connectivity index (χ1n) is 6.09. The topological polar surface area (TPSA) is 32.7 Å². The minimum absolute atomic E-state index is 0.0451. The van der Waals surface area contributed by atoms with Crippen molar-refractivity contribution >= 4 is 34.2 Å². The second-order valence-corrected chi connectivity index (χ2v) is 5.17. The summed E-state index contributed by atoms with van der Waals surface area (Å²) in [7, 11) is 0. The van der Waals surface area contributed by atoms with Gasteiger partial charge in [-0.05, 0) is 36.4 Å². The largest absolute Gasteiger partial charge is 0.273 e. The molecule has 0 radical (unpaired) electrons. The summed E-state index contributed by atoms with van der Waals surface area (Å²) in [6.45, 7) is 0. The molecule has 0 bridgehead atoms. The van der Waals surface area contributed by atoms with Crippen LogP contribution in [0.3, 0.4) is 0 Å². The van der Waals surface area contributed by atoms with Gasteiger partial charge in [-0.15, -0.1) is 0 Å². The van der Waals surface area contributed by atoms with Crippen LogP contribution >= 0.6 is 11.8 Å². The van der Waals surface area contributed by atoms with Gasteiger partial charge >= 0.3 is 0 Å². The molecule has 1 aliphatic heterocycles. The fraction of sp³-hybridized carbons (Fsp3) is 0.0667. The zero-order valence-electron chi connectivity index (χ0n) is 10.5. The lowest BCUT2D eigenvalue weighted by Crippen LogP contribution is -2.29. The smallest absolute Gasteiger partial charge is 0.243 e. The van der Waals surface area contributed by atoms with Crippen LogP contribution in [0.4, 0.5) is 15.8 Å². The summed E-state index contributed by atoms with van der Waals surface area (Å²) in [5.41, 5.74) is 1.42. The molecule has 3 rings (SSSR count). The summed E-state index contributed by atoms with van der Waals surface area (Å²) in [6, 6.07) is 15.3. The third-order valence-electron chi connectivity index (χ3n) is 2.83. The molecule has 3 nitrogen and oxygen atoms in total. The fourth-order valence-corrected chi connectivity index (χ4v) is 2.79. The monoisotopic (exact) mass is 286 g/mol. The number of rotatable bonds is 2. The predicted molar refractivity (Wildman–Crippen MR) is 79.9 cm³/mol. The Balaban J connectivity index is 1.97. The van der Waals surface area contributed by atoms with E-state index >= 15 is 0 Å². The molecule has 1 heterocycles. The van der Waals surface area contributed by atoms with E-state index in [1.807, 2.05) is 30.3 Å². The van der Waals surface area contributed by atoms with E-state index in [0.717, 1.165) is 5.69 Å². The van der Waals surface area contributed by atoms with Crippen molar-refractivity contribution in [2.75, 3.05) is 10.7 Å². The van der Waals surface area contributed by atoms with Crippen LogP contribution in [0.5, 0.6) is 0 Å². The van der Waals surface area contributed by atoms with Crippen LogP contribution in [-0.2, 0) is 4.79 Å². The molecule has 0 saturated carbocycles. The molecule has 5 heteroatoms. The third-order valence-corrected chi connectivity index (χ3v) is 3.75. The molecule has 1 fully saturated rings. The van der Waals surface area contributed by atoms with E-state index < -0.39 is 0 Å². The van der Waals surface area contributed by atoms with Crippen LogP contribution in [0.15, 0.2) is 59.6 Å². The highest BCUT2D eigenvalue weighted by Gasteiger charge is 2.29. The van der Waals surface area contributed by atoms with Gasteiger partial charge < -0.3 is 0 Å². The average Bonchev–Trinajstić information content (AvgIpc) is 2.82. The van der Waals surface area contributed by atoms with Crippen molar-refractivity contribution in [2.24, 2.45) is 4.99 Å². The third kappa shape index (κ3) is 2.58. The van der Waals surface area contributed by atoms with E-state index in [-0.39, 0.29) is 11.7 Å². The molecule has 0 unspecified atom stereocenters. The van der Waals surface area contributed by atoms with Gasteiger partial charge in [0.25, 0.3) is 0 Å². The van der Waals surface area contributed by atoms with Crippen molar-refractivity contribution in [3.8, 4) is 0 Å². The van der Waals surface area contributed by atoms with Gasteiger partial charge in [-0.25, -0.2) is 9.38 Å². The first kappa shape index (κ1) is 12.9. The molecule has 1 saturated heterocycles. The number of thioether (sulfide) groups is 1. The van der Waals surface area contributed by atoms with Crippen LogP contribution in [0, 0.1) is 5.82 Å². The van der Waals surface area contributed by atoms with Gasteiger partial charge in [0.1, 0.15) is 5.82 Å². The summed E-state index contributed by atoms with van der Waals surface area (Å²) in [4.78, 5) is 18.0. The molecule has 2 aromatic carbocycles. The predicted octanol–water partition coefficient (Wildman–Crippen LogP) is 3.59. The molecule has 20 heavy (non-hydrogen) atoms. The number of anilines is 1. The van der Waals surface area contributed by atoms with Gasteiger partial charge in [-0.2, -0.15) is 0 Å². The van der Waals surface area contributed by atoms with Gasteiger partial charge in [0.05, 0.1) is 17.1 Å². The van der Waals surface area contributed by atoms with Crippen LogP contribution in [0.2, 0.25) is 0 Å². The number of hydrogen-bond donors (Lipinski definition) is 0. The van der Waals surface area contributed by atoms with E-state index in [2.05, 4.69) is 4.99 Å². The average molecular weight is 286 g/mol. The molecule has 0 aliphatic carbocycles. The first-order valence-corrected chi connectivity index (χ1v) is 7.08. The number of hydrogen-bond acceptors (Lipinski definition) is 3. The molecular formula is C15H11FN2OS. The van der Waals surface area contributed by atoms with E-state index in [1.54, 1.807) is 12.1 Å². The number of carbonyl (C=O) groups excluding carboxylic acids is 1. The number of benzene rings is 2. The Kier molecular flexibility index (Phi) is 3.52. The second-order valence-electron chi connectivity index (χ2n) is 4.22. The number of halogens is 1. The molecule has 0 aromatic heterocycles. The van der Waals surface area contributed by atoms with Crippen molar-refractivity contribution in [2.45, 2.75) is 0 Å². The Morgan fingerprint density at radius 1 is 1.05 bits per heavy atom. The molecule has 100 valence electrons. The van der Waals surface area contributed by atoms with Crippen molar-refractivity contribution in [1.29, 1.82) is 0 Å². The highest BCUT2D eigenvalue weighted by molar-refractivity contribution is 8.15. The number of carbonyl (C=O) groups is 1. The Hall–Kier alpha value is -2.14. The normalized spacial score (nSPS) is 16.9. The van der Waals surface area contributed by atoms with E-state index in [9.17, 15) is 9.18 Å². The standard InChI is InChI=1S/C15H11FN2OS/c16-11-6-8-13(9-7-11)18-14(19)10-20-15(18)17-12-4-2-1-3-5-12/h1-9H,10H2. The van der Waals surface area contributed by atoms with Gasteiger partial charge in [-0.1, -0.05) is 30.0 Å². The highest BCUT2D eigenvalue weighted by atomic mass is 32.2. The van der Waals surface area contributed by atoms with Crippen molar-refractivity contribution in [3.63, 3.8) is 0 Å². The number of para-hydroxylation sites is 1. The van der Waals surface area contributed by atoms with Crippen molar-refractivity contribution < 1.29 is 9.18 Å². The SMILES string of the molecule is O=C1CSC(=Nc2ccccc2)N1c1ccc(F)cc1. The maximum Gasteiger partial charge on any atom is 0.243 e. The molecule has 2 aromatic rings. The Morgan fingerprint density at radius 3 is 2.45 bits per heavy atom. The quantitative estimate of drug-likeness (QED) is 0.845. The number of aliphatic imine (C=N–C) groups is 1. The van der Waals surface area contributed by atoms with E-state index in [0.29, 0.717) is 16.6 Å². The number of amidine groups is 1. The molecular weight excluding hydrogens is 275 g/mol. The van der Waals surface area contributed by atoms with Gasteiger partial charge in [-0.3, -0.25) is 9.69 Å². The zero-order valence-corrected chi connectivity index (χ0v) is 11.3. The number of nitrogens with zero attached hydrogens (tertiary/aromatic N) is 2. The Bertz CT molecular complexity index is 655. The summed E-state index contributed by atoms with van der Waals surface area (Å²) >= 11 is 1.39. The van der Waals surface area contributed by atoms with Crippen LogP contribution in [0.25, 0.3) is 0 Å². The lowest BCUT2D eigenvalue weighted by atomic mass is 10.3. The van der Waals surface area contributed by atoms with Crippen LogP contribution in [-0.4, -0.2) is 16.8 Å². The Labute approximate surface area is 120 Å². The summed E-state index contributed by atoms with van der Waals surface area (Å²) in [5.74, 6) is -0.0193. The lowest BCUT2D eigenvalue weighted by Gasteiger charge is -2.15. The second kappa shape index (κ2) is 5.46. The van der Waals surface area contributed by atoms with Crippen molar-refractivity contribution in [3.05, 3.63) is 60.4 Å². The van der Waals surface area contributed by atoms with Gasteiger partial charge in [0.15, 0.2) is 5.17 Å². The summed E-state index contributed by atoms with van der Waals surface area (Å²) in [5, 5.41) is 0.618. The minimum atomic E-state index is -0.324. The molecule has 1 aliphatic rings. The maximum atomic E-state index is 13.0. The maximum absolute atomic E-state index is 13.0. The molecule has 0 spiro atoms. The van der Waals surface area contributed by atoms with Crippen LogP contribution < -0.4 is 4.90 Å². The lowest BCUT2D eigenvalue weighted by molar-refractivity contribution is -0.115. The van der Waals surface area contributed by atoms with Crippen molar-refractivity contribution in [1.82, 2.24) is 0 Å². The van der Waals surface area contributed by atoms with Gasteiger partial charge in [0, 0.05) is 0 Å². The van der Waals surface area contributed by atoms with Crippen LogP contribution in [0.1, 0.15) is 0 Å². The summed E-state index contributed by atoms with van der Waals surface area (Å²) in [6.07, 6.45) is 0. The van der Waals surface area contributed by atoms with E-state index in [1.165, 1.54) is 28.8 Å². The fourth-order valence-electron chi connectivity index (χ4n) is 1.90. The van der Waals surface area contributed by atoms with E-state index in [4.69, 9.17) is 0 Å². The van der Waals surface area contributed by atoms with Gasteiger partial charge in [0.2, 0.25) is 5.91 Å². The summed E-state index contributed by atoms with van der Waals surface area (Å²) < 4.78 is 13.0.